The lowest BCUT2D eigenvalue weighted by molar-refractivity contribution is 0.483. The highest BCUT2D eigenvalue weighted by Gasteiger charge is 2.33. The maximum atomic E-state index is 11.3. The van der Waals surface area contributed by atoms with Gasteiger partial charge >= 0.3 is 0 Å². The summed E-state index contributed by atoms with van der Waals surface area (Å²) in [4.78, 5) is -0.0247. The minimum absolute atomic E-state index is 0.0247. The monoisotopic (exact) mass is 395 g/mol. The van der Waals surface area contributed by atoms with E-state index in [0.29, 0.717) is 0 Å². The van der Waals surface area contributed by atoms with Crippen LogP contribution in [0.25, 0.3) is 0 Å². The number of benzene rings is 1. The lowest BCUT2D eigenvalue weighted by Gasteiger charge is -2.37. The van der Waals surface area contributed by atoms with E-state index in [-0.39, 0.29) is 31.3 Å². The topological polar surface area (TPSA) is 57.6 Å². The van der Waals surface area contributed by atoms with Gasteiger partial charge in [-0.3, -0.25) is 4.55 Å². The summed E-state index contributed by atoms with van der Waals surface area (Å²) in [7, 11) is -4.15. The van der Waals surface area contributed by atoms with Crippen LogP contribution in [0, 0.1) is 0 Å². The van der Waals surface area contributed by atoms with E-state index < -0.39 is 10.1 Å². The molecular formula is C13H18INO3S. The molecule has 1 aliphatic heterocycles. The highest BCUT2D eigenvalue weighted by atomic mass is 127. The normalized spacial score (nSPS) is 18.4. The number of hydrogen-bond acceptors (Lipinski definition) is 3. The highest BCUT2D eigenvalue weighted by molar-refractivity contribution is 14.2. The Kier molecular flexibility index (Phi) is 3.79. The van der Waals surface area contributed by atoms with Gasteiger partial charge in [0.05, 0.1) is 4.90 Å². The van der Waals surface area contributed by atoms with Crippen LogP contribution in [-0.2, 0) is 15.5 Å². The first-order valence-electron chi connectivity index (χ1n) is 6.06. The number of anilines is 1. The maximum Gasteiger partial charge on any atom is 0.294 e. The average Bonchev–Trinajstić information content (AvgIpc) is 2.32. The number of nitrogens with zero attached hydrogens (tertiary/aromatic N) is 1. The van der Waals surface area contributed by atoms with Crippen molar-refractivity contribution in [3.8, 4) is 0 Å². The Morgan fingerprint density at radius 2 is 2.00 bits per heavy atom. The third kappa shape index (κ3) is 2.57. The second-order valence-corrected chi connectivity index (χ2v) is 9.76. The van der Waals surface area contributed by atoms with E-state index in [9.17, 15) is 13.0 Å². The summed E-state index contributed by atoms with van der Waals surface area (Å²) < 4.78 is 35.5. The molecule has 0 aliphatic carbocycles. The van der Waals surface area contributed by atoms with Gasteiger partial charge < -0.3 is 3.11 Å². The summed E-state index contributed by atoms with van der Waals surface area (Å²) in [6.07, 6.45) is 0. The minimum atomic E-state index is -4.15. The van der Waals surface area contributed by atoms with Crippen molar-refractivity contribution in [2.45, 2.75) is 38.0 Å². The number of rotatable bonds is 2. The van der Waals surface area contributed by atoms with Crippen LogP contribution in [0.5, 0.6) is 0 Å². The van der Waals surface area contributed by atoms with Gasteiger partial charge in [-0.1, -0.05) is 13.8 Å². The number of hydrogen-bond donors (Lipinski definition) is 1. The molecule has 1 aromatic carbocycles. The molecular weight excluding hydrogens is 377 g/mol. The Morgan fingerprint density at radius 3 is 2.53 bits per heavy atom. The first-order valence-corrected chi connectivity index (χ1v) is 9.55. The summed E-state index contributed by atoms with van der Waals surface area (Å²) in [5.41, 5.74) is 1.93. The number of fused-ring (bicyclic) bond motifs is 1. The predicted molar refractivity (Wildman–Crippen MR) is 87.0 cm³/mol. The molecule has 0 saturated carbocycles. The molecule has 106 valence electrons. The summed E-state index contributed by atoms with van der Waals surface area (Å²) in [6.45, 7) is 9.38. The molecule has 4 nitrogen and oxygen atoms in total. The van der Waals surface area contributed by atoms with Gasteiger partial charge in [0.15, 0.2) is 0 Å². The molecule has 1 aromatic rings. The van der Waals surface area contributed by atoms with Crippen LogP contribution in [-0.4, -0.2) is 23.0 Å². The summed E-state index contributed by atoms with van der Waals surface area (Å²) in [6, 6.07) is 4.91. The molecule has 1 N–H and O–H groups in total. The molecule has 0 unspecified atom stereocenters. The molecule has 6 heteroatoms. The molecule has 0 radical (unpaired) electrons. The second-order valence-electron chi connectivity index (χ2n) is 5.08. The molecule has 0 fully saturated rings. The van der Waals surface area contributed by atoms with Crippen molar-refractivity contribution in [3.05, 3.63) is 23.8 Å². The van der Waals surface area contributed by atoms with Gasteiger partial charge in [-0.25, -0.2) is 0 Å². The van der Waals surface area contributed by atoms with Crippen molar-refractivity contribution in [3.63, 3.8) is 0 Å². The van der Waals surface area contributed by atoms with Gasteiger partial charge in [0.2, 0.25) is 0 Å². The van der Waals surface area contributed by atoms with Gasteiger partial charge in [0.25, 0.3) is 10.1 Å². The first kappa shape index (κ1) is 14.9. The molecule has 0 aromatic heterocycles. The lowest BCUT2D eigenvalue weighted by Crippen LogP contribution is -2.33. The van der Waals surface area contributed by atoms with Crippen molar-refractivity contribution >= 4 is 40.3 Å². The molecule has 19 heavy (non-hydrogen) atoms. The SMILES string of the molecule is CCN1I=C(C)C(C)(C)c2cc(S(=O)(=O)O)ccc21. The van der Waals surface area contributed by atoms with Crippen molar-refractivity contribution in [2.24, 2.45) is 0 Å². The standard InChI is InChI=1S/C13H18INO3S/c1-5-15-12-7-6-10(19(16,17)18)8-11(12)13(3,4)9(2)14-15/h6-8H,5H2,1-4H3,(H,16,17,18). The average molecular weight is 395 g/mol. The molecule has 1 heterocycles. The zero-order chi connectivity index (χ0) is 14.4. The van der Waals surface area contributed by atoms with E-state index in [4.69, 9.17) is 0 Å². The second kappa shape index (κ2) is 4.82. The van der Waals surface area contributed by atoms with E-state index in [2.05, 4.69) is 30.8 Å². The lowest BCUT2D eigenvalue weighted by atomic mass is 9.81. The van der Waals surface area contributed by atoms with Crippen molar-refractivity contribution in [1.82, 2.24) is 0 Å². The van der Waals surface area contributed by atoms with E-state index in [1.807, 2.05) is 6.07 Å². The zero-order valence-electron chi connectivity index (χ0n) is 11.4. The Bertz CT molecular complexity index is 650. The zero-order valence-corrected chi connectivity index (χ0v) is 14.4. The van der Waals surface area contributed by atoms with Crippen LogP contribution >= 0.6 is 21.0 Å². The van der Waals surface area contributed by atoms with Gasteiger partial charge in [0.1, 0.15) is 0 Å². The van der Waals surface area contributed by atoms with Crippen molar-refractivity contribution < 1.29 is 13.0 Å². The Hall–Kier alpha value is -0.470. The third-order valence-corrected chi connectivity index (χ3v) is 8.27. The van der Waals surface area contributed by atoms with Crippen LogP contribution in [0.2, 0.25) is 0 Å². The summed E-state index contributed by atoms with van der Waals surface area (Å²) >= 11 is -0.193. The molecule has 0 amide bonds. The van der Waals surface area contributed by atoms with Crippen LogP contribution < -0.4 is 3.11 Å². The van der Waals surface area contributed by atoms with Crippen molar-refractivity contribution in [2.75, 3.05) is 9.66 Å². The maximum absolute atomic E-state index is 11.3. The minimum Gasteiger partial charge on any atom is -0.320 e. The molecule has 0 spiro atoms. The van der Waals surface area contributed by atoms with Gasteiger partial charge in [-0.05, 0) is 62.1 Å². The summed E-state index contributed by atoms with van der Waals surface area (Å²) in [5.74, 6) is 0. The summed E-state index contributed by atoms with van der Waals surface area (Å²) in [5, 5.41) is 0. The fourth-order valence-electron chi connectivity index (χ4n) is 2.11. The quantitative estimate of drug-likeness (QED) is 0.475. The molecule has 2 rings (SSSR count). The van der Waals surface area contributed by atoms with Gasteiger partial charge in [-0.2, -0.15) is 8.42 Å². The van der Waals surface area contributed by atoms with E-state index in [0.717, 1.165) is 17.8 Å². The van der Waals surface area contributed by atoms with E-state index >= 15 is 0 Å². The van der Waals surface area contributed by atoms with Crippen LogP contribution in [0.15, 0.2) is 23.1 Å². The van der Waals surface area contributed by atoms with E-state index in [1.165, 1.54) is 9.58 Å². The fraction of sp³-hybridized carbons (Fsp3) is 0.462. The first-order chi connectivity index (χ1) is 8.67. The van der Waals surface area contributed by atoms with E-state index in [1.54, 1.807) is 6.07 Å². The largest absolute Gasteiger partial charge is 0.320 e. The predicted octanol–water partition coefficient (Wildman–Crippen LogP) is 3.13. The fourth-order valence-corrected chi connectivity index (χ4v) is 5.40. The van der Waals surface area contributed by atoms with Crippen LogP contribution in [0.4, 0.5) is 5.69 Å². The van der Waals surface area contributed by atoms with Gasteiger partial charge in [0, 0.05) is 17.6 Å². The Morgan fingerprint density at radius 1 is 1.37 bits per heavy atom. The van der Waals surface area contributed by atoms with Gasteiger partial charge in [-0.15, -0.1) is 0 Å². The highest BCUT2D eigenvalue weighted by Crippen LogP contribution is 2.43. The Labute approximate surface area is 124 Å². The Balaban J connectivity index is 2.70. The molecule has 1 aliphatic rings. The van der Waals surface area contributed by atoms with Crippen LogP contribution in [0.3, 0.4) is 0 Å². The molecule has 0 atom stereocenters. The third-order valence-electron chi connectivity index (χ3n) is 3.57. The van der Waals surface area contributed by atoms with Crippen LogP contribution in [0.1, 0.15) is 33.3 Å². The number of halogens is 1. The smallest absolute Gasteiger partial charge is 0.294 e. The molecule has 0 saturated heterocycles. The van der Waals surface area contributed by atoms with Crippen molar-refractivity contribution in [1.29, 1.82) is 0 Å². The molecule has 0 bridgehead atoms.